The fraction of sp³-hybridized carbons (Fsp3) is 0.125. The van der Waals surface area contributed by atoms with E-state index < -0.39 is 12.1 Å². The summed E-state index contributed by atoms with van der Waals surface area (Å²) in [5.41, 5.74) is 0.403. The Hall–Kier alpha value is -0.350. The molecule has 0 aliphatic carbocycles. The minimum atomic E-state index is -1.41. The van der Waals surface area contributed by atoms with Crippen LogP contribution in [0.3, 0.4) is 0 Å². The molecule has 1 aromatic carbocycles. The van der Waals surface area contributed by atoms with E-state index in [1.165, 1.54) is 0 Å². The van der Waals surface area contributed by atoms with Crippen LogP contribution in [0.1, 0.15) is 13.1 Å². The zero-order valence-electron chi connectivity index (χ0n) is 7.77. The smallest absolute Gasteiger partial charge is 1.00 e. The Morgan fingerprint density at radius 1 is 1.33 bits per heavy atom. The molecule has 0 radical (unpaired) electrons. The predicted molar refractivity (Wildman–Crippen MR) is 40.1 cm³/mol. The third kappa shape index (κ3) is 2.95. The number of hydrogen-bond acceptors (Lipinski definition) is 2. The van der Waals surface area contributed by atoms with Crippen molar-refractivity contribution in [1.82, 2.24) is 0 Å². The molecule has 4 heteroatoms. The van der Waals surface area contributed by atoms with Crippen LogP contribution in [0.4, 0.5) is 0 Å². The first kappa shape index (κ1) is 11.6. The van der Waals surface area contributed by atoms with Crippen molar-refractivity contribution in [3.8, 4) is 0 Å². The zero-order valence-corrected chi connectivity index (χ0v) is 8.77. The van der Waals surface area contributed by atoms with Gasteiger partial charge in [0.2, 0.25) is 0 Å². The van der Waals surface area contributed by atoms with Crippen LogP contribution in [-0.2, 0) is 4.79 Å². The Bertz CT molecular complexity index is 253. The molecule has 3 nitrogen and oxygen atoms in total. The van der Waals surface area contributed by atoms with Crippen molar-refractivity contribution in [2.24, 2.45) is 0 Å². The molecule has 60 valence electrons. The van der Waals surface area contributed by atoms with E-state index in [1.807, 2.05) is 0 Å². The number of rotatable bonds is 2. The molecule has 0 spiro atoms. The Balaban J connectivity index is 0. The molecule has 1 atom stereocenters. The number of aliphatic carboxylic acids is 1. The first-order valence-corrected chi connectivity index (χ1v) is 3.17. The topological polar surface area (TPSA) is 57.5 Å². The average Bonchev–Trinajstić information content (AvgIpc) is 2.05. The maximum absolute atomic E-state index is 10.2. The Labute approximate surface area is 93.8 Å². The first-order valence-electron chi connectivity index (χ1n) is 3.17. The molecule has 0 aliphatic heterocycles. The number of hydrogen-bond donors (Lipinski definition) is 2. The van der Waals surface area contributed by atoms with Crippen molar-refractivity contribution in [1.29, 1.82) is 0 Å². The normalized spacial score (nSPS) is 11.4. The molecule has 0 amide bonds. The Kier molecular flexibility index (Phi) is 5.17. The molecule has 0 fully saturated rings. The molecule has 0 unspecified atom stereocenters. The maximum Gasteiger partial charge on any atom is 1.00 e. The van der Waals surface area contributed by atoms with Crippen LogP contribution in [0, 0.1) is 0 Å². The average molecular weight is 176 g/mol. The van der Waals surface area contributed by atoms with E-state index >= 15 is 0 Å². The Morgan fingerprint density at radius 2 is 1.83 bits per heavy atom. The molecular formula is C8H9NaO3. The summed E-state index contributed by atoms with van der Waals surface area (Å²) in [5, 5.41) is 17.4. The number of carboxylic acids is 1. The number of aliphatic hydroxyl groups is 1. The van der Waals surface area contributed by atoms with Crippen LogP contribution >= 0.6 is 0 Å². The first-order chi connectivity index (χ1) is 5.22. The van der Waals surface area contributed by atoms with Crippen molar-refractivity contribution in [3.63, 3.8) is 0 Å². The van der Waals surface area contributed by atoms with Gasteiger partial charge in [0, 0.05) is 0 Å². The van der Waals surface area contributed by atoms with Gasteiger partial charge in [0.15, 0.2) is 6.10 Å². The molecule has 0 bridgehead atoms. The van der Waals surface area contributed by atoms with Gasteiger partial charge in [0.05, 0.1) is 0 Å². The maximum atomic E-state index is 10.2. The van der Waals surface area contributed by atoms with E-state index in [2.05, 4.69) is 0 Å². The van der Waals surface area contributed by atoms with Gasteiger partial charge in [-0.25, -0.2) is 4.79 Å². The zero-order chi connectivity index (χ0) is 8.27. The van der Waals surface area contributed by atoms with Gasteiger partial charge in [-0.3, -0.25) is 0 Å². The summed E-state index contributed by atoms with van der Waals surface area (Å²) in [7, 11) is 0. The van der Waals surface area contributed by atoms with Crippen LogP contribution in [-0.4, -0.2) is 16.2 Å². The quantitative estimate of drug-likeness (QED) is 0.508. The van der Waals surface area contributed by atoms with Gasteiger partial charge >= 0.3 is 35.5 Å². The van der Waals surface area contributed by atoms with E-state index in [9.17, 15) is 4.79 Å². The molecule has 0 aliphatic rings. The van der Waals surface area contributed by atoms with Crippen LogP contribution in [0.15, 0.2) is 30.3 Å². The van der Waals surface area contributed by atoms with Crippen LogP contribution in [0.5, 0.6) is 0 Å². The third-order valence-electron chi connectivity index (χ3n) is 1.35. The SMILES string of the molecule is O=C(O)[C@H](O)c1ccccc1.[H-].[Na+]. The van der Waals surface area contributed by atoms with E-state index in [-0.39, 0.29) is 31.0 Å². The molecule has 0 aromatic heterocycles. The summed E-state index contributed by atoms with van der Waals surface area (Å²) in [6.45, 7) is 0. The number of benzene rings is 1. The van der Waals surface area contributed by atoms with Crippen molar-refractivity contribution in [3.05, 3.63) is 35.9 Å². The van der Waals surface area contributed by atoms with Gasteiger partial charge in [0.25, 0.3) is 0 Å². The minimum Gasteiger partial charge on any atom is -1.00 e. The summed E-state index contributed by atoms with van der Waals surface area (Å²) >= 11 is 0. The second-order valence-electron chi connectivity index (χ2n) is 2.15. The molecule has 1 aromatic rings. The molecule has 1 rings (SSSR count). The van der Waals surface area contributed by atoms with E-state index in [0.717, 1.165) is 0 Å². The van der Waals surface area contributed by atoms with Crippen LogP contribution < -0.4 is 29.6 Å². The largest absolute Gasteiger partial charge is 1.00 e. The molecule has 12 heavy (non-hydrogen) atoms. The molecular weight excluding hydrogens is 167 g/mol. The number of carboxylic acid groups (broad SMARTS) is 1. The van der Waals surface area contributed by atoms with Crippen molar-refractivity contribution in [2.45, 2.75) is 6.10 Å². The van der Waals surface area contributed by atoms with Gasteiger partial charge in [-0.2, -0.15) is 0 Å². The molecule has 0 saturated heterocycles. The van der Waals surface area contributed by atoms with Gasteiger partial charge < -0.3 is 11.6 Å². The van der Waals surface area contributed by atoms with E-state index in [1.54, 1.807) is 30.3 Å². The van der Waals surface area contributed by atoms with Crippen LogP contribution in [0.25, 0.3) is 0 Å². The van der Waals surface area contributed by atoms with Gasteiger partial charge in [-0.15, -0.1) is 0 Å². The summed E-state index contributed by atoms with van der Waals surface area (Å²) in [4.78, 5) is 10.2. The minimum absolute atomic E-state index is 0. The summed E-state index contributed by atoms with van der Waals surface area (Å²) in [5.74, 6) is -1.23. The van der Waals surface area contributed by atoms with Gasteiger partial charge in [-0.1, -0.05) is 30.3 Å². The van der Waals surface area contributed by atoms with Gasteiger partial charge in [-0.05, 0) is 5.56 Å². The Morgan fingerprint density at radius 3 is 2.25 bits per heavy atom. The second kappa shape index (κ2) is 5.32. The number of aliphatic hydroxyl groups excluding tert-OH is 1. The summed E-state index contributed by atoms with van der Waals surface area (Å²) < 4.78 is 0. The predicted octanol–water partition coefficient (Wildman–Crippen LogP) is -2.08. The molecule has 0 heterocycles. The van der Waals surface area contributed by atoms with Gasteiger partial charge in [0.1, 0.15) is 0 Å². The number of carbonyl (C=O) groups is 1. The fourth-order valence-corrected chi connectivity index (χ4v) is 0.778. The van der Waals surface area contributed by atoms with Crippen molar-refractivity contribution < 1.29 is 46.0 Å². The van der Waals surface area contributed by atoms with E-state index in [0.29, 0.717) is 5.56 Å². The van der Waals surface area contributed by atoms with Crippen molar-refractivity contribution >= 4 is 5.97 Å². The van der Waals surface area contributed by atoms with Crippen LogP contribution in [0.2, 0.25) is 0 Å². The van der Waals surface area contributed by atoms with E-state index in [4.69, 9.17) is 10.2 Å². The second-order valence-corrected chi connectivity index (χ2v) is 2.15. The standard InChI is InChI=1S/C8H8O3.Na.H/c9-7(8(10)11)6-4-2-1-3-5-6;;/h1-5,7,9H,(H,10,11);;/q;+1;-1/t7-;;/m1../s1. The molecule has 0 saturated carbocycles. The molecule has 2 N–H and O–H groups in total. The summed E-state index contributed by atoms with van der Waals surface area (Å²) in [6, 6.07) is 8.26. The fourth-order valence-electron chi connectivity index (χ4n) is 0.778. The summed E-state index contributed by atoms with van der Waals surface area (Å²) in [6.07, 6.45) is -1.41. The third-order valence-corrected chi connectivity index (χ3v) is 1.35. The monoisotopic (exact) mass is 176 g/mol. The van der Waals surface area contributed by atoms with Crippen molar-refractivity contribution in [2.75, 3.05) is 0 Å².